The standard InChI is InChI=1S/C24H27ClN2O4/c1-6-31-24(29)22-17(4)26(10-11-30-5)23(28)21(22)13-18-12-15(2)27(16(18)3)20-9-7-8-19(25)14-20/h7-9,12-14H,6,10-11H2,1-5H3/b21-13-. The Labute approximate surface area is 187 Å². The zero-order valence-electron chi connectivity index (χ0n) is 18.5. The molecule has 164 valence electrons. The number of benzene rings is 1. The molecule has 3 rings (SSSR count). The van der Waals surface area contributed by atoms with Gasteiger partial charge in [-0.25, -0.2) is 4.79 Å². The van der Waals surface area contributed by atoms with Crippen LogP contribution < -0.4 is 0 Å². The van der Waals surface area contributed by atoms with Crippen LogP contribution in [0.4, 0.5) is 0 Å². The number of aromatic nitrogens is 1. The monoisotopic (exact) mass is 442 g/mol. The molecule has 2 aromatic rings. The minimum Gasteiger partial charge on any atom is -0.462 e. The van der Waals surface area contributed by atoms with Crippen LogP contribution in [0.1, 0.15) is 30.8 Å². The number of esters is 1. The van der Waals surface area contributed by atoms with Crippen molar-refractivity contribution in [1.29, 1.82) is 0 Å². The first kappa shape index (κ1) is 22.8. The van der Waals surface area contributed by atoms with Gasteiger partial charge in [-0.3, -0.25) is 4.79 Å². The smallest absolute Gasteiger partial charge is 0.340 e. The van der Waals surface area contributed by atoms with Gasteiger partial charge in [0.15, 0.2) is 0 Å². The van der Waals surface area contributed by atoms with Crippen LogP contribution in [0.3, 0.4) is 0 Å². The number of carbonyl (C=O) groups excluding carboxylic acids is 2. The van der Waals surface area contributed by atoms with E-state index in [2.05, 4.69) is 4.57 Å². The summed E-state index contributed by atoms with van der Waals surface area (Å²) >= 11 is 6.18. The third-order valence-electron chi connectivity index (χ3n) is 5.35. The van der Waals surface area contributed by atoms with Crippen molar-refractivity contribution in [3.63, 3.8) is 0 Å². The normalized spacial score (nSPS) is 15.4. The van der Waals surface area contributed by atoms with E-state index in [1.54, 1.807) is 31.9 Å². The van der Waals surface area contributed by atoms with Gasteiger partial charge in [-0.1, -0.05) is 17.7 Å². The van der Waals surface area contributed by atoms with E-state index in [9.17, 15) is 9.59 Å². The molecule has 0 atom stereocenters. The third-order valence-corrected chi connectivity index (χ3v) is 5.58. The molecule has 1 aliphatic heterocycles. The number of halogens is 1. The summed E-state index contributed by atoms with van der Waals surface area (Å²) in [4.78, 5) is 27.4. The highest BCUT2D eigenvalue weighted by Gasteiger charge is 2.37. The summed E-state index contributed by atoms with van der Waals surface area (Å²) in [6, 6.07) is 9.58. The Morgan fingerprint density at radius 3 is 2.58 bits per heavy atom. The van der Waals surface area contributed by atoms with E-state index in [0.29, 0.717) is 35.0 Å². The summed E-state index contributed by atoms with van der Waals surface area (Å²) in [7, 11) is 1.58. The number of methoxy groups -OCH3 is 1. The number of allylic oxidation sites excluding steroid dienone is 1. The Hall–Kier alpha value is -2.83. The van der Waals surface area contributed by atoms with Crippen molar-refractivity contribution >= 4 is 29.6 Å². The molecule has 1 aromatic heterocycles. The largest absolute Gasteiger partial charge is 0.462 e. The van der Waals surface area contributed by atoms with Crippen LogP contribution in [0.5, 0.6) is 0 Å². The number of carbonyl (C=O) groups is 2. The zero-order valence-corrected chi connectivity index (χ0v) is 19.2. The summed E-state index contributed by atoms with van der Waals surface area (Å²) < 4.78 is 12.4. The quantitative estimate of drug-likeness (QED) is 0.469. The average molecular weight is 443 g/mol. The lowest BCUT2D eigenvalue weighted by Crippen LogP contribution is -2.28. The second kappa shape index (κ2) is 9.54. The Morgan fingerprint density at radius 2 is 1.94 bits per heavy atom. The molecule has 31 heavy (non-hydrogen) atoms. The molecular weight excluding hydrogens is 416 g/mol. The molecule has 7 heteroatoms. The summed E-state index contributed by atoms with van der Waals surface area (Å²) in [6.45, 7) is 8.44. The maximum absolute atomic E-state index is 13.2. The summed E-state index contributed by atoms with van der Waals surface area (Å²) in [5, 5.41) is 0.646. The Kier molecular flexibility index (Phi) is 7.03. The van der Waals surface area contributed by atoms with E-state index in [1.165, 1.54) is 0 Å². The minimum absolute atomic E-state index is 0.231. The Balaban J connectivity index is 2.10. The van der Waals surface area contributed by atoms with Crippen molar-refractivity contribution in [3.8, 4) is 5.69 Å². The van der Waals surface area contributed by atoms with Crippen molar-refractivity contribution in [1.82, 2.24) is 9.47 Å². The lowest BCUT2D eigenvalue weighted by molar-refractivity contribution is -0.138. The van der Waals surface area contributed by atoms with Gasteiger partial charge in [0.2, 0.25) is 0 Å². The summed E-state index contributed by atoms with van der Waals surface area (Å²) in [6.07, 6.45) is 1.77. The molecule has 2 heterocycles. The maximum atomic E-state index is 13.2. The molecule has 0 saturated carbocycles. The number of ether oxygens (including phenoxy) is 2. The number of hydrogen-bond acceptors (Lipinski definition) is 4. The molecule has 0 bridgehead atoms. The first-order chi connectivity index (χ1) is 14.8. The topological polar surface area (TPSA) is 60.8 Å². The van der Waals surface area contributed by atoms with Crippen LogP contribution >= 0.6 is 11.6 Å². The van der Waals surface area contributed by atoms with Crippen molar-refractivity contribution in [2.75, 3.05) is 26.9 Å². The molecule has 0 radical (unpaired) electrons. The zero-order chi connectivity index (χ0) is 22.7. The van der Waals surface area contributed by atoms with Crippen LogP contribution in [0.15, 0.2) is 47.2 Å². The van der Waals surface area contributed by atoms with E-state index < -0.39 is 5.97 Å². The number of rotatable bonds is 7. The summed E-state index contributed by atoms with van der Waals surface area (Å²) in [5.41, 5.74) is 4.93. The average Bonchev–Trinajstić information content (AvgIpc) is 3.13. The van der Waals surface area contributed by atoms with Gasteiger partial charge < -0.3 is 18.9 Å². The summed E-state index contributed by atoms with van der Waals surface area (Å²) in [5.74, 6) is -0.728. The van der Waals surface area contributed by atoms with Crippen LogP contribution in [0, 0.1) is 13.8 Å². The first-order valence-corrected chi connectivity index (χ1v) is 10.5. The molecule has 0 spiro atoms. The van der Waals surface area contributed by atoms with E-state index in [-0.39, 0.29) is 12.5 Å². The molecule has 1 amide bonds. The van der Waals surface area contributed by atoms with Gasteiger partial charge in [0.25, 0.3) is 5.91 Å². The maximum Gasteiger partial charge on any atom is 0.340 e. The van der Waals surface area contributed by atoms with Gasteiger partial charge in [-0.2, -0.15) is 0 Å². The number of aryl methyl sites for hydroxylation is 1. The number of nitrogens with zero attached hydrogens (tertiary/aromatic N) is 2. The molecule has 6 nitrogen and oxygen atoms in total. The lowest BCUT2D eigenvalue weighted by Gasteiger charge is -2.16. The van der Waals surface area contributed by atoms with Crippen LogP contribution in [0.2, 0.25) is 5.02 Å². The van der Waals surface area contributed by atoms with Gasteiger partial charge in [-0.15, -0.1) is 0 Å². The van der Waals surface area contributed by atoms with Crippen LogP contribution in [0.25, 0.3) is 11.8 Å². The predicted molar refractivity (Wildman–Crippen MR) is 121 cm³/mol. The Bertz CT molecular complexity index is 1080. The molecule has 1 aromatic carbocycles. The van der Waals surface area contributed by atoms with Crippen LogP contribution in [-0.4, -0.2) is 48.2 Å². The van der Waals surface area contributed by atoms with Gasteiger partial charge >= 0.3 is 5.97 Å². The molecule has 0 saturated heterocycles. The van der Waals surface area contributed by atoms with Gasteiger partial charge in [0.05, 0.1) is 24.4 Å². The highest BCUT2D eigenvalue weighted by molar-refractivity contribution is 6.30. The van der Waals surface area contributed by atoms with E-state index in [0.717, 1.165) is 22.6 Å². The second-order valence-corrected chi connectivity index (χ2v) is 7.77. The second-order valence-electron chi connectivity index (χ2n) is 7.33. The van der Waals surface area contributed by atoms with E-state index in [4.69, 9.17) is 21.1 Å². The minimum atomic E-state index is -0.497. The van der Waals surface area contributed by atoms with Gasteiger partial charge in [0.1, 0.15) is 0 Å². The molecule has 0 aliphatic carbocycles. The number of amides is 1. The number of hydrogen-bond donors (Lipinski definition) is 0. The molecular formula is C24H27ClN2O4. The van der Waals surface area contributed by atoms with Crippen molar-refractivity contribution in [2.24, 2.45) is 0 Å². The fraction of sp³-hybridized carbons (Fsp3) is 0.333. The van der Waals surface area contributed by atoms with Crippen LogP contribution in [-0.2, 0) is 19.1 Å². The molecule has 1 aliphatic rings. The highest BCUT2D eigenvalue weighted by atomic mass is 35.5. The van der Waals surface area contributed by atoms with Gasteiger partial charge in [0, 0.05) is 41.4 Å². The SMILES string of the molecule is CCOC(=O)C1=C(C)N(CCOC)C(=O)/C1=C\c1cc(C)n(-c2cccc(Cl)c2)c1C. The molecule has 0 N–H and O–H groups in total. The van der Waals surface area contributed by atoms with Crippen molar-refractivity contribution in [3.05, 3.63) is 69.1 Å². The van der Waals surface area contributed by atoms with Crippen molar-refractivity contribution < 1.29 is 19.1 Å². The lowest BCUT2D eigenvalue weighted by atomic mass is 10.0. The van der Waals surface area contributed by atoms with E-state index >= 15 is 0 Å². The molecule has 0 unspecified atom stereocenters. The fourth-order valence-electron chi connectivity index (χ4n) is 3.88. The fourth-order valence-corrected chi connectivity index (χ4v) is 4.07. The first-order valence-electron chi connectivity index (χ1n) is 10.2. The third kappa shape index (κ3) is 4.45. The van der Waals surface area contributed by atoms with Crippen molar-refractivity contribution in [2.45, 2.75) is 27.7 Å². The Morgan fingerprint density at radius 1 is 1.19 bits per heavy atom. The molecule has 0 fully saturated rings. The highest BCUT2D eigenvalue weighted by Crippen LogP contribution is 2.33. The van der Waals surface area contributed by atoms with Gasteiger partial charge in [-0.05, 0) is 63.6 Å². The predicted octanol–water partition coefficient (Wildman–Crippen LogP) is 4.46. The van der Waals surface area contributed by atoms with E-state index in [1.807, 2.05) is 44.2 Å².